The van der Waals surface area contributed by atoms with Gasteiger partial charge < -0.3 is 22.7 Å². The molecule has 0 amide bonds. The number of hydrogen-bond donors (Lipinski definition) is 0. The summed E-state index contributed by atoms with van der Waals surface area (Å²) in [6.07, 6.45) is 6.03. The predicted molar refractivity (Wildman–Crippen MR) is 390 cm³/mol. The SMILES string of the molecule is C.CC(C)(C)Cc1ccc2c(c1)c1cc(-c3ccc4oc5ccc(-n6c7ccccc7c7ccccc76)cc5c4c3)ccc1n2-c1ccccc1.CCC.c1ccc(-n2c3ccc(-c4ccc5c(c4)c4ncccc4n5-c4ccccc4)cc3c3ncccc32)cc1. The Hall–Kier alpha value is -11.3. The number of nitrogens with zero attached hydrogens (tertiary/aromatic N) is 6. The van der Waals surface area contributed by atoms with E-state index >= 15 is 0 Å². The molecule has 0 aliphatic rings. The van der Waals surface area contributed by atoms with Crippen molar-refractivity contribution in [2.75, 3.05) is 0 Å². The summed E-state index contributed by atoms with van der Waals surface area (Å²) in [5.74, 6) is 0. The summed E-state index contributed by atoms with van der Waals surface area (Å²) in [6.45, 7) is 11.2. The first-order valence-corrected chi connectivity index (χ1v) is 31.7. The normalized spacial score (nSPS) is 11.8. The number of para-hydroxylation sites is 5. The fourth-order valence-corrected chi connectivity index (χ4v) is 13.9. The number of benzene rings is 11. The maximum atomic E-state index is 6.41. The van der Waals surface area contributed by atoms with Crippen LogP contribution in [0.25, 0.3) is 154 Å². The lowest BCUT2D eigenvalue weighted by Crippen LogP contribution is -2.08. The Labute approximate surface area is 535 Å². The van der Waals surface area contributed by atoms with Gasteiger partial charge in [-0.2, -0.15) is 0 Å². The smallest absolute Gasteiger partial charge is 0.135 e. The number of aromatic nitrogens is 6. The van der Waals surface area contributed by atoms with Gasteiger partial charge in [-0.3, -0.25) is 9.97 Å². The minimum Gasteiger partial charge on any atom is -0.456 e. The summed E-state index contributed by atoms with van der Waals surface area (Å²) in [5, 5.41) is 9.61. The van der Waals surface area contributed by atoms with Gasteiger partial charge in [0.25, 0.3) is 0 Å². The van der Waals surface area contributed by atoms with Crippen molar-refractivity contribution in [2.24, 2.45) is 5.41 Å². The van der Waals surface area contributed by atoms with E-state index in [-0.39, 0.29) is 12.8 Å². The maximum absolute atomic E-state index is 6.41. The van der Waals surface area contributed by atoms with E-state index in [1.54, 1.807) is 0 Å². The second-order valence-corrected chi connectivity index (χ2v) is 25.1. The van der Waals surface area contributed by atoms with Gasteiger partial charge in [0.15, 0.2) is 0 Å². The zero-order valence-corrected chi connectivity index (χ0v) is 51.6. The molecule has 446 valence electrons. The summed E-state index contributed by atoms with van der Waals surface area (Å²) in [4.78, 5) is 9.57. The Balaban J connectivity index is 0.000000150. The average Bonchev–Trinajstić information content (AvgIpc) is 1.62. The Morgan fingerprint density at radius 2 is 0.652 bits per heavy atom. The molecule has 18 rings (SSSR count). The van der Waals surface area contributed by atoms with E-state index < -0.39 is 0 Å². The van der Waals surface area contributed by atoms with Gasteiger partial charge in [0.2, 0.25) is 0 Å². The molecule has 0 atom stereocenters. The maximum Gasteiger partial charge on any atom is 0.135 e. The molecule has 0 fully saturated rings. The lowest BCUT2D eigenvalue weighted by Gasteiger charge is -2.18. The molecule has 7 aromatic heterocycles. The zero-order chi connectivity index (χ0) is 61.3. The third kappa shape index (κ3) is 9.85. The van der Waals surface area contributed by atoms with E-state index in [0.717, 1.165) is 100 Å². The van der Waals surface area contributed by atoms with Crippen LogP contribution in [0.15, 0.2) is 290 Å². The lowest BCUT2D eigenvalue weighted by atomic mass is 9.87. The van der Waals surface area contributed by atoms with E-state index in [1.807, 2.05) is 36.7 Å². The van der Waals surface area contributed by atoms with Crippen LogP contribution in [-0.4, -0.2) is 28.2 Å². The molecule has 0 saturated heterocycles. The van der Waals surface area contributed by atoms with Crippen molar-refractivity contribution < 1.29 is 4.42 Å². The zero-order valence-electron chi connectivity index (χ0n) is 51.6. The molecule has 0 N–H and O–H groups in total. The van der Waals surface area contributed by atoms with Gasteiger partial charge >= 0.3 is 0 Å². The third-order valence-electron chi connectivity index (χ3n) is 17.6. The number of fused-ring (bicyclic) bond motifs is 15. The Morgan fingerprint density at radius 1 is 0.304 bits per heavy atom. The average molecular weight is 1190 g/mol. The molecule has 0 saturated carbocycles. The fraction of sp³-hybridized carbons (Fsp3) is 0.106. The Kier molecular flexibility index (Phi) is 14.5. The third-order valence-corrected chi connectivity index (χ3v) is 17.6. The van der Waals surface area contributed by atoms with Crippen molar-refractivity contribution in [2.45, 2.75) is 54.9 Å². The molecule has 0 bridgehead atoms. The topological polar surface area (TPSA) is 58.6 Å². The first-order chi connectivity index (χ1) is 44.7. The standard InChI is InChI=1S/C47H36N2O.C34H22N4.C3H8.CH4/c1-47(2,3)29-30-17-21-43-37(25-30)38-26-31(18-22-44(38)48(43)33-11-5-4-6-12-33)32-19-23-45-39(27-32)40-28-34(20-24-46(40)50-45)49-41-15-9-7-13-35(41)36-14-8-10-16-42(36)49;1-3-9-25(10-4-1)37-29-17-15-23(21-27(29)33-31(37)13-7-19-35-33)24-16-18-30-28(22-24)34-32(14-8-20-36-34)38(30)26-11-5-2-6-12-26;1-3-2;/h4-28H,29H2,1-3H3;1-22H;3H2,1-2H3;1H4. The summed E-state index contributed by atoms with van der Waals surface area (Å²) in [5.41, 5.74) is 24.0. The van der Waals surface area contributed by atoms with Crippen molar-refractivity contribution in [1.29, 1.82) is 0 Å². The van der Waals surface area contributed by atoms with E-state index in [2.05, 4.69) is 302 Å². The molecule has 92 heavy (non-hydrogen) atoms. The van der Waals surface area contributed by atoms with Crippen LogP contribution in [0.4, 0.5) is 0 Å². The van der Waals surface area contributed by atoms with Crippen LogP contribution in [-0.2, 0) is 6.42 Å². The minimum atomic E-state index is 0. The molecule has 11 aromatic carbocycles. The Morgan fingerprint density at radius 3 is 1.14 bits per heavy atom. The highest BCUT2D eigenvalue weighted by Crippen LogP contribution is 2.42. The molecule has 0 aliphatic heterocycles. The van der Waals surface area contributed by atoms with Crippen LogP contribution < -0.4 is 0 Å². The van der Waals surface area contributed by atoms with Crippen molar-refractivity contribution in [1.82, 2.24) is 28.2 Å². The molecule has 0 aliphatic carbocycles. The van der Waals surface area contributed by atoms with Crippen molar-refractivity contribution in [3.63, 3.8) is 0 Å². The van der Waals surface area contributed by atoms with Crippen LogP contribution >= 0.6 is 0 Å². The van der Waals surface area contributed by atoms with Gasteiger partial charge in [-0.1, -0.05) is 170 Å². The first-order valence-electron chi connectivity index (χ1n) is 31.7. The molecular weight excluding hydrogens is 1120 g/mol. The van der Waals surface area contributed by atoms with Gasteiger partial charge in [-0.05, 0) is 191 Å². The van der Waals surface area contributed by atoms with Crippen molar-refractivity contribution in [3.05, 3.63) is 291 Å². The Bertz CT molecular complexity index is 5570. The molecular formula is C85H70N6O. The van der Waals surface area contributed by atoms with Crippen LogP contribution in [0.2, 0.25) is 0 Å². The van der Waals surface area contributed by atoms with E-state index in [4.69, 9.17) is 14.4 Å². The highest BCUT2D eigenvalue weighted by molar-refractivity contribution is 6.14. The summed E-state index contributed by atoms with van der Waals surface area (Å²) >= 11 is 0. The molecule has 0 unspecified atom stereocenters. The van der Waals surface area contributed by atoms with Crippen LogP contribution in [0.3, 0.4) is 0 Å². The summed E-state index contributed by atoms with van der Waals surface area (Å²) in [6, 6.07) is 97.9. The molecule has 7 heteroatoms. The number of pyridine rings is 2. The van der Waals surface area contributed by atoms with E-state index in [1.165, 1.54) is 72.4 Å². The van der Waals surface area contributed by atoms with Crippen molar-refractivity contribution >= 4 is 109 Å². The molecule has 0 radical (unpaired) electrons. The van der Waals surface area contributed by atoms with Crippen molar-refractivity contribution in [3.8, 4) is 45.0 Å². The van der Waals surface area contributed by atoms with Gasteiger partial charge in [0, 0.05) is 78.2 Å². The molecule has 0 spiro atoms. The van der Waals surface area contributed by atoms with Gasteiger partial charge in [0.1, 0.15) is 11.2 Å². The van der Waals surface area contributed by atoms with Crippen LogP contribution in [0.1, 0.15) is 54.0 Å². The predicted octanol–water partition coefficient (Wildman–Crippen LogP) is 23.4. The lowest BCUT2D eigenvalue weighted by molar-refractivity contribution is 0.411. The van der Waals surface area contributed by atoms with Gasteiger partial charge in [-0.25, -0.2) is 0 Å². The number of rotatable bonds is 7. The molecule has 7 heterocycles. The second-order valence-electron chi connectivity index (χ2n) is 25.1. The highest BCUT2D eigenvalue weighted by atomic mass is 16.3. The first kappa shape index (κ1) is 57.2. The quantitative estimate of drug-likeness (QED) is 0.160. The number of hydrogen-bond acceptors (Lipinski definition) is 3. The van der Waals surface area contributed by atoms with Gasteiger partial charge in [-0.15, -0.1) is 0 Å². The monoisotopic (exact) mass is 1190 g/mol. The van der Waals surface area contributed by atoms with E-state index in [0.29, 0.717) is 0 Å². The summed E-state index contributed by atoms with van der Waals surface area (Å²) in [7, 11) is 0. The molecule has 7 nitrogen and oxygen atoms in total. The largest absolute Gasteiger partial charge is 0.456 e. The van der Waals surface area contributed by atoms with Crippen LogP contribution in [0, 0.1) is 5.41 Å². The number of furan rings is 1. The van der Waals surface area contributed by atoms with Crippen LogP contribution in [0.5, 0.6) is 0 Å². The summed E-state index contributed by atoms with van der Waals surface area (Å²) < 4.78 is 15.8. The van der Waals surface area contributed by atoms with E-state index in [9.17, 15) is 0 Å². The fourth-order valence-electron chi connectivity index (χ4n) is 13.9. The molecule has 18 aromatic rings. The minimum absolute atomic E-state index is 0. The highest BCUT2D eigenvalue weighted by Gasteiger charge is 2.21. The second kappa shape index (κ2) is 23.3. The van der Waals surface area contributed by atoms with Gasteiger partial charge in [0.05, 0.1) is 55.2 Å².